The molecule has 0 radical (unpaired) electrons. The van der Waals surface area contributed by atoms with Gasteiger partial charge in [0.25, 0.3) is 0 Å². The molecule has 1 aromatic rings. The molecule has 1 aliphatic rings. The minimum absolute atomic E-state index is 0.271. The van der Waals surface area contributed by atoms with Gasteiger partial charge < -0.3 is 0 Å². The molecular formula is C17H24O. The van der Waals surface area contributed by atoms with Crippen LogP contribution in [0.5, 0.6) is 0 Å². The lowest BCUT2D eigenvalue weighted by atomic mass is 9.77. The molecule has 0 heterocycles. The maximum atomic E-state index is 12.6. The van der Waals surface area contributed by atoms with Crippen molar-refractivity contribution in [1.29, 1.82) is 0 Å². The summed E-state index contributed by atoms with van der Waals surface area (Å²) in [4.78, 5) is 12.6. The molecule has 1 saturated carbocycles. The standard InChI is InChI=1S/C17H24O/c1-4-14-8-10-15(11-9-14)17(18)16-12(2)6-5-7-13(16)3/h5-7,14-15H,4,8-11H2,1-3H3. The summed E-state index contributed by atoms with van der Waals surface area (Å²) >= 11 is 0. The number of rotatable bonds is 3. The third-order valence-electron chi connectivity index (χ3n) is 4.52. The molecule has 0 amide bonds. The fourth-order valence-corrected chi connectivity index (χ4v) is 3.24. The Hall–Kier alpha value is -1.11. The van der Waals surface area contributed by atoms with E-state index in [-0.39, 0.29) is 5.92 Å². The van der Waals surface area contributed by atoms with Crippen molar-refractivity contribution in [2.45, 2.75) is 52.9 Å². The highest BCUT2D eigenvalue weighted by Gasteiger charge is 2.27. The van der Waals surface area contributed by atoms with Crippen LogP contribution in [0.2, 0.25) is 0 Å². The highest BCUT2D eigenvalue weighted by molar-refractivity contribution is 6.00. The number of aryl methyl sites for hydroxylation is 2. The SMILES string of the molecule is CCC1CCC(C(=O)c2c(C)cccc2C)CC1. The van der Waals surface area contributed by atoms with Crippen LogP contribution in [0.25, 0.3) is 0 Å². The van der Waals surface area contributed by atoms with Crippen molar-refractivity contribution in [1.82, 2.24) is 0 Å². The predicted octanol–water partition coefficient (Wildman–Crippen LogP) is 4.70. The molecule has 1 fully saturated rings. The van der Waals surface area contributed by atoms with Gasteiger partial charge >= 0.3 is 0 Å². The van der Waals surface area contributed by atoms with Crippen molar-refractivity contribution >= 4 is 5.78 Å². The normalized spacial score (nSPS) is 23.9. The number of benzene rings is 1. The minimum atomic E-state index is 0.271. The first-order valence-electron chi connectivity index (χ1n) is 7.24. The Kier molecular flexibility index (Phi) is 4.21. The lowest BCUT2D eigenvalue weighted by Crippen LogP contribution is -2.23. The second-order valence-electron chi connectivity index (χ2n) is 5.76. The first-order valence-corrected chi connectivity index (χ1v) is 7.24. The molecule has 2 rings (SSSR count). The zero-order valence-electron chi connectivity index (χ0n) is 11.8. The molecule has 0 atom stereocenters. The van der Waals surface area contributed by atoms with Crippen molar-refractivity contribution in [3.63, 3.8) is 0 Å². The van der Waals surface area contributed by atoms with Gasteiger partial charge in [0.2, 0.25) is 0 Å². The molecular weight excluding hydrogens is 220 g/mol. The fourth-order valence-electron chi connectivity index (χ4n) is 3.24. The van der Waals surface area contributed by atoms with Crippen LogP contribution >= 0.6 is 0 Å². The van der Waals surface area contributed by atoms with Crippen molar-refractivity contribution in [2.75, 3.05) is 0 Å². The zero-order chi connectivity index (χ0) is 13.1. The molecule has 1 aliphatic carbocycles. The van der Waals surface area contributed by atoms with Crippen LogP contribution in [0, 0.1) is 25.7 Å². The minimum Gasteiger partial charge on any atom is -0.294 e. The molecule has 0 spiro atoms. The quantitative estimate of drug-likeness (QED) is 0.704. The largest absolute Gasteiger partial charge is 0.294 e. The van der Waals surface area contributed by atoms with Crippen molar-refractivity contribution < 1.29 is 4.79 Å². The molecule has 1 nitrogen and oxygen atoms in total. The Bertz CT molecular complexity index is 405. The van der Waals surface area contributed by atoms with Gasteiger partial charge in [0.1, 0.15) is 0 Å². The van der Waals surface area contributed by atoms with E-state index in [1.807, 2.05) is 6.07 Å². The number of hydrogen-bond acceptors (Lipinski definition) is 1. The Morgan fingerprint density at radius 3 is 2.17 bits per heavy atom. The van der Waals surface area contributed by atoms with Crippen LogP contribution < -0.4 is 0 Å². The molecule has 0 aromatic heterocycles. The smallest absolute Gasteiger partial charge is 0.166 e. The van der Waals surface area contributed by atoms with E-state index < -0.39 is 0 Å². The lowest BCUT2D eigenvalue weighted by molar-refractivity contribution is 0.0870. The molecule has 0 N–H and O–H groups in total. The van der Waals surface area contributed by atoms with Crippen LogP contribution in [-0.2, 0) is 0 Å². The van der Waals surface area contributed by atoms with Gasteiger partial charge in [-0.3, -0.25) is 4.79 Å². The van der Waals surface area contributed by atoms with E-state index in [2.05, 4.69) is 32.9 Å². The van der Waals surface area contributed by atoms with Gasteiger partial charge in [-0.25, -0.2) is 0 Å². The van der Waals surface area contributed by atoms with E-state index >= 15 is 0 Å². The third-order valence-corrected chi connectivity index (χ3v) is 4.52. The van der Waals surface area contributed by atoms with Crippen LogP contribution in [-0.4, -0.2) is 5.78 Å². The molecule has 18 heavy (non-hydrogen) atoms. The van der Waals surface area contributed by atoms with Crippen LogP contribution in [0.15, 0.2) is 18.2 Å². The summed E-state index contributed by atoms with van der Waals surface area (Å²) < 4.78 is 0. The molecule has 0 unspecified atom stereocenters. The Balaban J connectivity index is 2.13. The first-order chi connectivity index (χ1) is 8.63. The Morgan fingerprint density at radius 2 is 1.67 bits per heavy atom. The number of carbonyl (C=O) groups is 1. The second-order valence-corrected chi connectivity index (χ2v) is 5.76. The molecule has 0 saturated heterocycles. The number of carbonyl (C=O) groups excluding carboxylic acids is 1. The number of ketones is 1. The van der Waals surface area contributed by atoms with Crippen LogP contribution in [0.1, 0.15) is 60.5 Å². The van der Waals surface area contributed by atoms with Gasteiger partial charge in [0, 0.05) is 11.5 Å². The van der Waals surface area contributed by atoms with Gasteiger partial charge in [-0.05, 0) is 56.6 Å². The van der Waals surface area contributed by atoms with Crippen molar-refractivity contribution in [2.24, 2.45) is 11.8 Å². The summed E-state index contributed by atoms with van der Waals surface area (Å²) in [6.45, 7) is 6.37. The summed E-state index contributed by atoms with van der Waals surface area (Å²) in [5.74, 6) is 1.51. The van der Waals surface area contributed by atoms with Crippen LogP contribution in [0.4, 0.5) is 0 Å². The second kappa shape index (κ2) is 5.69. The summed E-state index contributed by atoms with van der Waals surface area (Å²) in [7, 11) is 0. The van der Waals surface area contributed by atoms with E-state index in [9.17, 15) is 4.79 Å². The van der Waals surface area contributed by atoms with Gasteiger partial charge in [-0.2, -0.15) is 0 Å². The van der Waals surface area contributed by atoms with E-state index in [4.69, 9.17) is 0 Å². The highest BCUT2D eigenvalue weighted by atomic mass is 16.1. The summed E-state index contributed by atoms with van der Waals surface area (Å²) in [5.41, 5.74) is 3.26. The number of hydrogen-bond donors (Lipinski definition) is 0. The average Bonchev–Trinajstić information content (AvgIpc) is 2.38. The summed E-state index contributed by atoms with van der Waals surface area (Å²) in [6, 6.07) is 6.14. The number of Topliss-reactive ketones (excluding diaryl/α,β-unsaturated/α-hetero) is 1. The van der Waals surface area contributed by atoms with Crippen LogP contribution in [0.3, 0.4) is 0 Å². The maximum absolute atomic E-state index is 12.6. The van der Waals surface area contributed by atoms with Gasteiger partial charge in [-0.1, -0.05) is 31.5 Å². The topological polar surface area (TPSA) is 17.1 Å². The lowest BCUT2D eigenvalue weighted by Gasteiger charge is -2.27. The molecule has 0 aliphatic heterocycles. The third kappa shape index (κ3) is 2.66. The van der Waals surface area contributed by atoms with E-state index in [1.54, 1.807) is 0 Å². The van der Waals surface area contributed by atoms with Crippen molar-refractivity contribution in [3.8, 4) is 0 Å². The summed E-state index contributed by atoms with van der Waals surface area (Å²) in [6.07, 6.45) is 5.91. The molecule has 0 bridgehead atoms. The highest BCUT2D eigenvalue weighted by Crippen LogP contribution is 2.33. The molecule has 98 valence electrons. The first kappa shape index (κ1) is 13.3. The van der Waals surface area contributed by atoms with Gasteiger partial charge in [0.15, 0.2) is 5.78 Å². The fraction of sp³-hybridized carbons (Fsp3) is 0.588. The van der Waals surface area contributed by atoms with E-state index in [0.29, 0.717) is 5.78 Å². The average molecular weight is 244 g/mol. The zero-order valence-corrected chi connectivity index (χ0v) is 11.8. The van der Waals surface area contributed by atoms with Gasteiger partial charge in [0.05, 0.1) is 0 Å². The van der Waals surface area contributed by atoms with Crippen molar-refractivity contribution in [3.05, 3.63) is 34.9 Å². The maximum Gasteiger partial charge on any atom is 0.166 e. The summed E-state index contributed by atoms with van der Waals surface area (Å²) in [5, 5.41) is 0. The Labute approximate surface area is 111 Å². The Morgan fingerprint density at radius 1 is 1.11 bits per heavy atom. The van der Waals surface area contributed by atoms with E-state index in [1.165, 1.54) is 19.3 Å². The van der Waals surface area contributed by atoms with Gasteiger partial charge in [-0.15, -0.1) is 0 Å². The predicted molar refractivity (Wildman–Crippen MR) is 76.0 cm³/mol. The van der Waals surface area contributed by atoms with E-state index in [0.717, 1.165) is 35.4 Å². The molecule has 1 heteroatoms. The monoisotopic (exact) mass is 244 g/mol. The molecule has 1 aromatic carbocycles.